The summed E-state index contributed by atoms with van der Waals surface area (Å²) in [6.45, 7) is -0.0220. The molecule has 7 heteroatoms. The summed E-state index contributed by atoms with van der Waals surface area (Å²) in [7, 11) is 1.21. The van der Waals surface area contributed by atoms with E-state index in [9.17, 15) is 18.0 Å². The van der Waals surface area contributed by atoms with Gasteiger partial charge >= 0.3 is 12.1 Å². The first-order valence-corrected chi connectivity index (χ1v) is 6.54. The van der Waals surface area contributed by atoms with Crippen LogP contribution in [-0.2, 0) is 22.6 Å². The van der Waals surface area contributed by atoms with E-state index >= 15 is 0 Å². The van der Waals surface area contributed by atoms with Crippen molar-refractivity contribution in [3.8, 4) is 5.75 Å². The number of halogens is 3. The lowest BCUT2D eigenvalue weighted by molar-refractivity contribution is -0.216. The number of rotatable bonds is 5. The molecule has 2 aromatic rings. The third kappa shape index (κ3) is 4.72. The highest BCUT2D eigenvalue weighted by Crippen LogP contribution is 2.29. The topological polar surface area (TPSA) is 44.8 Å². The van der Waals surface area contributed by atoms with E-state index in [1.54, 1.807) is 6.07 Å². The molecule has 23 heavy (non-hydrogen) atoms. The molecule has 0 radical (unpaired) electrons. The van der Waals surface area contributed by atoms with Gasteiger partial charge in [0.1, 0.15) is 12.4 Å². The van der Waals surface area contributed by atoms with Crippen LogP contribution in [0.15, 0.2) is 48.5 Å². The predicted molar refractivity (Wildman–Crippen MR) is 74.6 cm³/mol. The van der Waals surface area contributed by atoms with Gasteiger partial charge in [-0.05, 0) is 42.0 Å². The largest absolute Gasteiger partial charge is 0.489 e. The number of alkyl halides is 3. The van der Waals surface area contributed by atoms with Crippen molar-refractivity contribution in [1.82, 2.24) is 0 Å². The van der Waals surface area contributed by atoms with E-state index in [4.69, 9.17) is 4.74 Å². The first-order chi connectivity index (χ1) is 10.9. The quantitative estimate of drug-likeness (QED) is 0.615. The molecule has 0 N–H and O–H groups in total. The van der Waals surface area contributed by atoms with Gasteiger partial charge in [0.05, 0.1) is 18.2 Å². The summed E-state index contributed by atoms with van der Waals surface area (Å²) in [4.78, 5) is 20.0. The van der Waals surface area contributed by atoms with Crippen LogP contribution in [-0.4, -0.2) is 13.1 Å². The molecule has 0 aliphatic rings. The first kappa shape index (κ1) is 16.8. The van der Waals surface area contributed by atoms with Crippen molar-refractivity contribution in [3.63, 3.8) is 0 Å². The molecule has 0 atom stereocenters. The van der Waals surface area contributed by atoms with Crippen molar-refractivity contribution in [1.29, 1.82) is 0 Å². The highest BCUT2D eigenvalue weighted by Gasteiger charge is 2.30. The summed E-state index contributed by atoms with van der Waals surface area (Å²) in [6.07, 6.45) is -4.39. The maximum absolute atomic E-state index is 12.6. The molecule has 0 aromatic heterocycles. The third-order valence-corrected chi connectivity index (χ3v) is 2.91. The molecule has 0 aliphatic carbocycles. The average molecular weight is 326 g/mol. The minimum atomic E-state index is -4.39. The lowest BCUT2D eigenvalue weighted by atomic mass is 10.1. The van der Waals surface area contributed by atoms with Gasteiger partial charge in [-0.2, -0.15) is 18.1 Å². The second-order valence-corrected chi connectivity index (χ2v) is 4.55. The Labute approximate surface area is 130 Å². The van der Waals surface area contributed by atoms with E-state index < -0.39 is 17.7 Å². The summed E-state index contributed by atoms with van der Waals surface area (Å²) in [5.41, 5.74) is -0.0720. The first-order valence-electron chi connectivity index (χ1n) is 6.54. The van der Waals surface area contributed by atoms with Crippen LogP contribution in [0.25, 0.3) is 0 Å². The fourth-order valence-electron chi connectivity index (χ4n) is 1.82. The Morgan fingerprint density at radius 3 is 2.39 bits per heavy atom. The van der Waals surface area contributed by atoms with Crippen molar-refractivity contribution in [2.24, 2.45) is 0 Å². The molecule has 0 saturated carbocycles. The number of benzene rings is 2. The lowest BCUT2D eigenvalue weighted by Crippen LogP contribution is -2.06. The van der Waals surface area contributed by atoms with Crippen LogP contribution in [0.2, 0.25) is 0 Å². The smallest absolute Gasteiger partial charge is 0.416 e. The number of hydrogen-bond donors (Lipinski definition) is 0. The summed E-state index contributed by atoms with van der Waals surface area (Å²) in [5, 5.41) is 0. The van der Waals surface area contributed by atoms with E-state index in [0.29, 0.717) is 11.3 Å². The fraction of sp³-hybridized carbons (Fsp3) is 0.188. The summed E-state index contributed by atoms with van der Waals surface area (Å²) < 4.78 is 43.3. The zero-order valence-electron chi connectivity index (χ0n) is 12.1. The summed E-state index contributed by atoms with van der Waals surface area (Å²) >= 11 is 0. The maximum atomic E-state index is 12.6. The highest BCUT2D eigenvalue weighted by atomic mass is 19.4. The second kappa shape index (κ2) is 7.15. The Morgan fingerprint density at radius 1 is 1.09 bits per heavy atom. The predicted octanol–water partition coefficient (Wildman–Crippen LogP) is 4.00. The molecule has 0 bridgehead atoms. The molecule has 0 spiro atoms. The van der Waals surface area contributed by atoms with Crippen LogP contribution >= 0.6 is 0 Å². The molecule has 0 amide bonds. The monoisotopic (exact) mass is 326 g/mol. The van der Waals surface area contributed by atoms with Crippen LogP contribution < -0.4 is 4.74 Å². The van der Waals surface area contributed by atoms with Crippen LogP contribution in [0.3, 0.4) is 0 Å². The van der Waals surface area contributed by atoms with E-state index in [0.717, 1.165) is 12.1 Å². The Bertz CT molecular complexity index is 666. The zero-order valence-corrected chi connectivity index (χ0v) is 12.1. The molecule has 0 aliphatic heterocycles. The molecule has 2 aromatic carbocycles. The highest BCUT2D eigenvalue weighted by molar-refractivity contribution is 5.89. The number of hydrogen-bond acceptors (Lipinski definition) is 4. The third-order valence-electron chi connectivity index (χ3n) is 2.91. The number of carbonyl (C=O) groups excluding carboxylic acids is 1. The van der Waals surface area contributed by atoms with Crippen molar-refractivity contribution in [3.05, 3.63) is 65.2 Å². The molecular formula is C16H13F3O4. The van der Waals surface area contributed by atoms with Gasteiger partial charge < -0.3 is 4.74 Å². The van der Waals surface area contributed by atoms with Gasteiger partial charge in [0.25, 0.3) is 0 Å². The van der Waals surface area contributed by atoms with Crippen LogP contribution in [0.4, 0.5) is 13.2 Å². The molecule has 0 saturated heterocycles. The number of carbonyl (C=O) groups is 1. The van der Waals surface area contributed by atoms with E-state index in [1.807, 2.05) is 0 Å². The number of ether oxygens (including phenoxy) is 1. The van der Waals surface area contributed by atoms with E-state index in [1.165, 1.54) is 37.4 Å². The lowest BCUT2D eigenvalue weighted by Gasteiger charge is -2.10. The molecule has 0 fully saturated rings. The van der Waals surface area contributed by atoms with Crippen LogP contribution in [0, 0.1) is 0 Å². The molecule has 4 nitrogen and oxygen atoms in total. The maximum Gasteiger partial charge on any atom is 0.416 e. The van der Waals surface area contributed by atoms with E-state index in [-0.39, 0.29) is 12.2 Å². The summed E-state index contributed by atoms with van der Waals surface area (Å²) in [5.74, 6) is -0.242. The Morgan fingerprint density at radius 2 is 1.78 bits per heavy atom. The van der Waals surface area contributed by atoms with Crippen molar-refractivity contribution >= 4 is 5.97 Å². The SMILES string of the molecule is COOC(=O)c1ccc(OCc2cccc(C(F)(F)F)c2)cc1. The van der Waals surface area contributed by atoms with Gasteiger partial charge in [0, 0.05) is 0 Å². The Kier molecular flexibility index (Phi) is 5.23. The van der Waals surface area contributed by atoms with Gasteiger partial charge in [-0.15, -0.1) is 0 Å². The molecule has 2 rings (SSSR count). The minimum absolute atomic E-state index is 0.0220. The van der Waals surface area contributed by atoms with E-state index in [2.05, 4.69) is 9.78 Å². The van der Waals surface area contributed by atoms with Gasteiger partial charge in [-0.3, -0.25) is 4.89 Å². The normalized spacial score (nSPS) is 11.1. The van der Waals surface area contributed by atoms with Crippen molar-refractivity contribution in [2.75, 3.05) is 7.11 Å². The summed E-state index contributed by atoms with van der Waals surface area (Å²) in [6, 6.07) is 10.8. The molecule has 0 unspecified atom stereocenters. The fourth-order valence-corrected chi connectivity index (χ4v) is 1.82. The Balaban J connectivity index is 2.00. The van der Waals surface area contributed by atoms with Crippen LogP contribution in [0.1, 0.15) is 21.5 Å². The Hall–Kier alpha value is -2.54. The van der Waals surface area contributed by atoms with Gasteiger partial charge in [0.15, 0.2) is 0 Å². The van der Waals surface area contributed by atoms with Gasteiger partial charge in [-0.1, -0.05) is 12.1 Å². The molecule has 0 heterocycles. The minimum Gasteiger partial charge on any atom is -0.489 e. The second-order valence-electron chi connectivity index (χ2n) is 4.55. The van der Waals surface area contributed by atoms with Gasteiger partial charge in [-0.25, -0.2) is 4.79 Å². The van der Waals surface area contributed by atoms with Crippen LogP contribution in [0.5, 0.6) is 5.75 Å². The molecule has 122 valence electrons. The molecular weight excluding hydrogens is 313 g/mol. The van der Waals surface area contributed by atoms with Crippen molar-refractivity contribution in [2.45, 2.75) is 12.8 Å². The average Bonchev–Trinajstić information content (AvgIpc) is 2.53. The van der Waals surface area contributed by atoms with Crippen molar-refractivity contribution < 1.29 is 32.5 Å². The zero-order chi connectivity index (χ0) is 16.9. The van der Waals surface area contributed by atoms with Gasteiger partial charge in [0.2, 0.25) is 0 Å². The standard InChI is InChI=1S/C16H13F3O4/c1-21-23-15(20)12-5-7-14(8-6-12)22-10-11-3-2-4-13(9-11)16(17,18)19/h2-9H,10H2,1H3.